The quantitative estimate of drug-likeness (QED) is 0.322. The Morgan fingerprint density at radius 3 is 2.16 bits per heavy atom. The molecule has 4 aromatic rings. The van der Waals surface area contributed by atoms with Crippen molar-refractivity contribution in [2.24, 2.45) is 0 Å². The zero-order valence-electron chi connectivity index (χ0n) is 19.1. The highest BCUT2D eigenvalue weighted by Crippen LogP contribution is 2.41. The third kappa shape index (κ3) is 3.76. The third-order valence-electron chi connectivity index (χ3n) is 6.43. The van der Waals surface area contributed by atoms with Gasteiger partial charge in [-0.15, -0.1) is 0 Å². The summed E-state index contributed by atoms with van der Waals surface area (Å²) in [6.07, 6.45) is 6.81. The van der Waals surface area contributed by atoms with Crippen molar-refractivity contribution in [3.63, 3.8) is 0 Å². The van der Waals surface area contributed by atoms with E-state index in [4.69, 9.17) is 0 Å². The average Bonchev–Trinajstić information content (AvgIpc) is 2.81. The Labute approximate surface area is 191 Å². The van der Waals surface area contributed by atoms with Crippen LogP contribution in [0.5, 0.6) is 0 Å². The molecule has 0 amide bonds. The molecule has 32 heavy (non-hydrogen) atoms. The Kier molecular flexibility index (Phi) is 5.41. The molecule has 0 saturated heterocycles. The van der Waals surface area contributed by atoms with E-state index in [1.165, 1.54) is 56.0 Å². The van der Waals surface area contributed by atoms with E-state index in [1.807, 2.05) is 0 Å². The summed E-state index contributed by atoms with van der Waals surface area (Å²) in [5.41, 5.74) is 12.9. The van der Waals surface area contributed by atoms with Crippen molar-refractivity contribution in [3.8, 4) is 11.1 Å². The molecule has 0 bridgehead atoms. The average molecular weight is 416 g/mol. The number of para-hydroxylation sites is 1. The lowest BCUT2D eigenvalue weighted by Crippen LogP contribution is -2.13. The molecule has 1 heteroatoms. The maximum absolute atomic E-state index is 2.40. The van der Waals surface area contributed by atoms with E-state index in [0.29, 0.717) is 0 Å². The molecule has 158 valence electrons. The molecule has 0 saturated carbocycles. The van der Waals surface area contributed by atoms with Gasteiger partial charge in [0.2, 0.25) is 0 Å². The molecule has 0 fully saturated rings. The summed E-state index contributed by atoms with van der Waals surface area (Å²) in [5.74, 6) is 0. The standard InChI is InChI=1S/C31H29N/c1-22-16-18-28(23(2)20-22)29-19-17-27(21-24(29)3)32(26-12-5-4-6-13-26)31-15-9-11-25-10-7-8-14-30(25)31/h4-6,8-9,11-21H,7,10H2,1-3H3. The van der Waals surface area contributed by atoms with E-state index in [0.717, 1.165) is 12.8 Å². The van der Waals surface area contributed by atoms with Gasteiger partial charge in [0.15, 0.2) is 0 Å². The molecule has 1 aliphatic rings. The van der Waals surface area contributed by atoms with Crippen LogP contribution in [0.3, 0.4) is 0 Å². The zero-order chi connectivity index (χ0) is 22.1. The van der Waals surface area contributed by atoms with Crippen LogP contribution < -0.4 is 4.90 Å². The normalized spacial score (nSPS) is 12.5. The van der Waals surface area contributed by atoms with E-state index in [-0.39, 0.29) is 0 Å². The summed E-state index contributed by atoms with van der Waals surface area (Å²) >= 11 is 0. The van der Waals surface area contributed by atoms with Gasteiger partial charge in [0.1, 0.15) is 0 Å². The number of allylic oxidation sites excluding steroid dienone is 1. The molecule has 0 spiro atoms. The van der Waals surface area contributed by atoms with Gasteiger partial charge in [0.05, 0.1) is 5.69 Å². The monoisotopic (exact) mass is 415 g/mol. The van der Waals surface area contributed by atoms with Gasteiger partial charge < -0.3 is 4.90 Å². The van der Waals surface area contributed by atoms with E-state index in [9.17, 15) is 0 Å². The molecule has 4 aromatic carbocycles. The van der Waals surface area contributed by atoms with Gasteiger partial charge in [-0.1, -0.05) is 72.3 Å². The Morgan fingerprint density at radius 2 is 1.41 bits per heavy atom. The van der Waals surface area contributed by atoms with Crippen LogP contribution in [-0.4, -0.2) is 0 Å². The minimum Gasteiger partial charge on any atom is -0.310 e. The van der Waals surface area contributed by atoms with E-state index < -0.39 is 0 Å². The van der Waals surface area contributed by atoms with Crippen molar-refractivity contribution < 1.29 is 0 Å². The highest BCUT2D eigenvalue weighted by atomic mass is 15.1. The summed E-state index contributed by atoms with van der Waals surface area (Å²) in [6, 6.07) is 31.0. The van der Waals surface area contributed by atoms with Crippen molar-refractivity contribution in [1.82, 2.24) is 0 Å². The number of rotatable bonds is 4. The van der Waals surface area contributed by atoms with E-state index >= 15 is 0 Å². The molecular weight excluding hydrogens is 386 g/mol. The predicted molar refractivity (Wildman–Crippen MR) is 138 cm³/mol. The Bertz CT molecular complexity index is 1300. The van der Waals surface area contributed by atoms with Crippen LogP contribution in [0.4, 0.5) is 17.1 Å². The van der Waals surface area contributed by atoms with E-state index in [1.54, 1.807) is 0 Å². The number of fused-ring (bicyclic) bond motifs is 1. The first-order valence-corrected chi connectivity index (χ1v) is 11.4. The summed E-state index contributed by atoms with van der Waals surface area (Å²) < 4.78 is 0. The third-order valence-corrected chi connectivity index (χ3v) is 6.43. The fourth-order valence-corrected chi connectivity index (χ4v) is 4.85. The van der Waals surface area contributed by atoms with Gasteiger partial charge in [0.25, 0.3) is 0 Å². The molecule has 0 atom stereocenters. The Morgan fingerprint density at radius 1 is 0.656 bits per heavy atom. The molecule has 0 heterocycles. The SMILES string of the molecule is Cc1ccc(-c2ccc(N(c3ccccc3)c3cccc4c3C=CCC4)cc2C)c(C)c1. The highest BCUT2D eigenvalue weighted by molar-refractivity contribution is 5.85. The molecule has 0 radical (unpaired) electrons. The molecule has 1 nitrogen and oxygen atoms in total. The number of hydrogen-bond donors (Lipinski definition) is 0. The van der Waals surface area contributed by atoms with Crippen LogP contribution >= 0.6 is 0 Å². The van der Waals surface area contributed by atoms with Crippen LogP contribution in [0.15, 0.2) is 91.0 Å². The van der Waals surface area contributed by atoms with Crippen LogP contribution in [-0.2, 0) is 6.42 Å². The number of nitrogens with zero attached hydrogens (tertiary/aromatic N) is 1. The molecule has 0 N–H and O–H groups in total. The second-order valence-corrected chi connectivity index (χ2v) is 8.78. The Hall–Kier alpha value is -3.58. The van der Waals surface area contributed by atoms with Crippen molar-refractivity contribution in [2.75, 3.05) is 4.90 Å². The van der Waals surface area contributed by atoms with Crippen molar-refractivity contribution in [1.29, 1.82) is 0 Å². The molecule has 1 aliphatic carbocycles. The smallest absolute Gasteiger partial charge is 0.0536 e. The summed E-state index contributed by atoms with van der Waals surface area (Å²) in [5, 5.41) is 0. The minimum atomic E-state index is 1.10. The first kappa shape index (κ1) is 20.3. The largest absolute Gasteiger partial charge is 0.310 e. The lowest BCUT2D eigenvalue weighted by atomic mass is 9.93. The molecule has 0 aromatic heterocycles. The lowest BCUT2D eigenvalue weighted by Gasteiger charge is -2.29. The van der Waals surface area contributed by atoms with Crippen molar-refractivity contribution in [2.45, 2.75) is 33.6 Å². The number of hydrogen-bond acceptors (Lipinski definition) is 1. The first-order valence-electron chi connectivity index (χ1n) is 11.4. The summed E-state index contributed by atoms with van der Waals surface area (Å²) in [7, 11) is 0. The van der Waals surface area contributed by atoms with Gasteiger partial charge in [-0.05, 0) is 91.8 Å². The Balaban J connectivity index is 1.66. The first-order chi connectivity index (χ1) is 15.6. The molecule has 0 unspecified atom stereocenters. The second-order valence-electron chi connectivity index (χ2n) is 8.78. The topological polar surface area (TPSA) is 3.24 Å². The molecule has 0 aliphatic heterocycles. The van der Waals surface area contributed by atoms with Gasteiger partial charge in [-0.3, -0.25) is 0 Å². The van der Waals surface area contributed by atoms with Gasteiger partial charge in [0, 0.05) is 16.9 Å². The van der Waals surface area contributed by atoms with Crippen LogP contribution in [0, 0.1) is 20.8 Å². The highest BCUT2D eigenvalue weighted by Gasteiger charge is 2.19. The van der Waals surface area contributed by atoms with E-state index in [2.05, 4.69) is 123 Å². The van der Waals surface area contributed by atoms with Crippen LogP contribution in [0.1, 0.15) is 34.2 Å². The lowest BCUT2D eigenvalue weighted by molar-refractivity contribution is 0.984. The number of anilines is 3. The number of aryl methyl sites for hydroxylation is 4. The minimum absolute atomic E-state index is 1.10. The second kappa shape index (κ2) is 8.51. The van der Waals surface area contributed by atoms with Gasteiger partial charge >= 0.3 is 0 Å². The zero-order valence-corrected chi connectivity index (χ0v) is 19.1. The summed E-state index contributed by atoms with van der Waals surface area (Å²) in [4.78, 5) is 2.40. The fourth-order valence-electron chi connectivity index (χ4n) is 4.85. The van der Waals surface area contributed by atoms with Crippen LogP contribution in [0.2, 0.25) is 0 Å². The van der Waals surface area contributed by atoms with Gasteiger partial charge in [-0.2, -0.15) is 0 Å². The van der Waals surface area contributed by atoms with Crippen molar-refractivity contribution >= 4 is 23.1 Å². The van der Waals surface area contributed by atoms with Crippen LogP contribution in [0.25, 0.3) is 17.2 Å². The maximum atomic E-state index is 2.40. The fraction of sp³-hybridized carbons (Fsp3) is 0.161. The maximum Gasteiger partial charge on any atom is 0.0536 e. The molecule has 5 rings (SSSR count). The summed E-state index contributed by atoms with van der Waals surface area (Å²) in [6.45, 7) is 6.58. The van der Waals surface area contributed by atoms with Gasteiger partial charge in [-0.25, -0.2) is 0 Å². The van der Waals surface area contributed by atoms with Crippen molar-refractivity contribution in [3.05, 3.63) is 119 Å². The number of benzene rings is 4. The molecular formula is C31H29N. The predicted octanol–water partition coefficient (Wildman–Crippen LogP) is 8.71.